The van der Waals surface area contributed by atoms with Crippen molar-refractivity contribution in [3.8, 4) is 0 Å². The number of carbonyl (C=O) groups is 1. The second-order valence-corrected chi connectivity index (χ2v) is 4.49. The van der Waals surface area contributed by atoms with Crippen LogP contribution in [0.4, 0.5) is 17.1 Å². The Balaban J connectivity index is 1.81. The zero-order valence-corrected chi connectivity index (χ0v) is 10.3. The fourth-order valence-electron chi connectivity index (χ4n) is 2.12. The zero-order valence-electron chi connectivity index (χ0n) is 10.3. The number of aromatic nitrogens is 1. The lowest BCUT2D eigenvalue weighted by molar-refractivity contribution is -0.116. The monoisotopic (exact) mass is 258 g/mol. The molecule has 2 heterocycles. The predicted octanol–water partition coefficient (Wildman–Crippen LogP) is 1.75. The molecular weight excluding hydrogens is 244 g/mol. The van der Waals surface area contributed by atoms with Gasteiger partial charge in [-0.1, -0.05) is 5.16 Å². The second-order valence-electron chi connectivity index (χ2n) is 4.49. The minimum atomic E-state index is 0.0414. The number of rotatable bonds is 3. The molecule has 6 heteroatoms. The Bertz CT molecular complexity index is 607. The van der Waals surface area contributed by atoms with Crippen LogP contribution in [-0.4, -0.2) is 11.1 Å². The van der Waals surface area contributed by atoms with Crippen molar-refractivity contribution in [1.29, 1.82) is 0 Å². The van der Waals surface area contributed by atoms with Gasteiger partial charge in [0.05, 0.1) is 17.9 Å². The largest absolute Gasteiger partial charge is 0.397 e. The van der Waals surface area contributed by atoms with Gasteiger partial charge >= 0.3 is 0 Å². The molecule has 0 atom stereocenters. The topological polar surface area (TPSA) is 93.2 Å². The van der Waals surface area contributed by atoms with Crippen LogP contribution in [0.1, 0.15) is 17.7 Å². The van der Waals surface area contributed by atoms with Crippen LogP contribution < -0.4 is 16.4 Å². The minimum absolute atomic E-state index is 0.0414. The summed E-state index contributed by atoms with van der Waals surface area (Å²) in [7, 11) is 0. The fourth-order valence-corrected chi connectivity index (χ4v) is 2.12. The van der Waals surface area contributed by atoms with Crippen LogP contribution in [0.5, 0.6) is 0 Å². The van der Waals surface area contributed by atoms with Crippen molar-refractivity contribution in [2.45, 2.75) is 19.4 Å². The number of hydrogen-bond donors (Lipinski definition) is 3. The molecule has 1 aromatic heterocycles. The number of hydrogen-bond acceptors (Lipinski definition) is 5. The number of nitrogen functional groups attached to an aromatic ring is 1. The molecule has 1 aliphatic heterocycles. The maximum Gasteiger partial charge on any atom is 0.224 e. The number of benzene rings is 1. The summed E-state index contributed by atoms with van der Waals surface area (Å²) in [4.78, 5) is 11.4. The lowest BCUT2D eigenvalue weighted by Gasteiger charge is -2.19. The van der Waals surface area contributed by atoms with Crippen LogP contribution in [0.3, 0.4) is 0 Å². The smallest absolute Gasteiger partial charge is 0.224 e. The standard InChI is InChI=1S/C13H14N4O2/c14-10-5-8-1-2-13(18)16-11(8)6-12(10)15-7-9-3-4-19-17-9/h3-6,15H,1-2,7,14H2,(H,16,18). The van der Waals surface area contributed by atoms with Crippen LogP contribution in [0.2, 0.25) is 0 Å². The summed E-state index contributed by atoms with van der Waals surface area (Å²) in [6, 6.07) is 5.55. The van der Waals surface area contributed by atoms with Crippen LogP contribution in [0, 0.1) is 0 Å². The molecule has 0 bridgehead atoms. The SMILES string of the molecule is Nc1cc2c(cc1NCc1ccon1)NC(=O)CC2. The van der Waals surface area contributed by atoms with Crippen molar-refractivity contribution >= 4 is 23.0 Å². The molecule has 0 unspecified atom stereocenters. The first-order valence-corrected chi connectivity index (χ1v) is 6.08. The Kier molecular flexibility index (Phi) is 2.83. The third-order valence-electron chi connectivity index (χ3n) is 3.12. The summed E-state index contributed by atoms with van der Waals surface area (Å²) >= 11 is 0. The van der Waals surface area contributed by atoms with Gasteiger partial charge in [0, 0.05) is 18.2 Å². The maximum atomic E-state index is 11.4. The Morgan fingerprint density at radius 2 is 2.32 bits per heavy atom. The van der Waals surface area contributed by atoms with E-state index in [0.29, 0.717) is 18.7 Å². The molecule has 19 heavy (non-hydrogen) atoms. The number of nitrogens with two attached hydrogens (primary N) is 1. The van der Waals surface area contributed by atoms with Gasteiger partial charge < -0.3 is 20.9 Å². The number of amides is 1. The Morgan fingerprint density at radius 1 is 1.42 bits per heavy atom. The molecule has 0 fully saturated rings. The Labute approximate surface area is 110 Å². The first kappa shape index (κ1) is 11.6. The van der Waals surface area contributed by atoms with Gasteiger partial charge in [0.25, 0.3) is 0 Å². The van der Waals surface area contributed by atoms with Crippen molar-refractivity contribution in [3.63, 3.8) is 0 Å². The highest BCUT2D eigenvalue weighted by atomic mass is 16.5. The van der Waals surface area contributed by atoms with E-state index in [2.05, 4.69) is 15.8 Å². The van der Waals surface area contributed by atoms with E-state index in [1.54, 1.807) is 6.07 Å². The van der Waals surface area contributed by atoms with E-state index in [1.807, 2.05) is 12.1 Å². The molecule has 0 saturated carbocycles. The van der Waals surface area contributed by atoms with E-state index in [1.165, 1.54) is 6.26 Å². The van der Waals surface area contributed by atoms with Gasteiger partial charge in [-0.15, -0.1) is 0 Å². The molecule has 2 aromatic rings. The molecule has 6 nitrogen and oxygen atoms in total. The molecule has 0 aliphatic carbocycles. The highest BCUT2D eigenvalue weighted by Crippen LogP contribution is 2.31. The Morgan fingerprint density at radius 3 is 3.11 bits per heavy atom. The number of aryl methyl sites for hydroxylation is 1. The van der Waals surface area contributed by atoms with Gasteiger partial charge in [-0.2, -0.15) is 0 Å². The quantitative estimate of drug-likeness (QED) is 0.729. The van der Waals surface area contributed by atoms with Gasteiger partial charge in [-0.05, 0) is 24.1 Å². The third kappa shape index (κ3) is 2.37. The summed E-state index contributed by atoms with van der Waals surface area (Å²) in [6.45, 7) is 0.521. The van der Waals surface area contributed by atoms with Crippen LogP contribution >= 0.6 is 0 Å². The van der Waals surface area contributed by atoms with Crippen LogP contribution in [0.15, 0.2) is 29.0 Å². The lowest BCUT2D eigenvalue weighted by Crippen LogP contribution is -2.19. The lowest BCUT2D eigenvalue weighted by atomic mass is 10.0. The predicted molar refractivity (Wildman–Crippen MR) is 71.6 cm³/mol. The molecule has 3 rings (SSSR count). The van der Waals surface area contributed by atoms with E-state index in [0.717, 1.165) is 29.1 Å². The van der Waals surface area contributed by atoms with Crippen LogP contribution in [0.25, 0.3) is 0 Å². The van der Waals surface area contributed by atoms with E-state index in [-0.39, 0.29) is 5.91 Å². The van der Waals surface area contributed by atoms with E-state index in [9.17, 15) is 4.79 Å². The van der Waals surface area contributed by atoms with Gasteiger partial charge in [0.2, 0.25) is 5.91 Å². The molecule has 4 N–H and O–H groups in total. The molecule has 0 radical (unpaired) electrons. The molecule has 1 aromatic carbocycles. The van der Waals surface area contributed by atoms with Gasteiger partial charge in [0.15, 0.2) is 0 Å². The average Bonchev–Trinajstić information content (AvgIpc) is 2.90. The summed E-state index contributed by atoms with van der Waals surface area (Å²) in [6.07, 6.45) is 2.76. The van der Waals surface area contributed by atoms with E-state index in [4.69, 9.17) is 10.3 Å². The normalized spacial score (nSPS) is 13.8. The van der Waals surface area contributed by atoms with Crippen LogP contribution in [-0.2, 0) is 17.8 Å². The van der Waals surface area contributed by atoms with Gasteiger partial charge in [0.1, 0.15) is 12.0 Å². The first-order valence-electron chi connectivity index (χ1n) is 6.08. The number of nitrogens with zero attached hydrogens (tertiary/aromatic N) is 1. The molecule has 0 spiro atoms. The Hall–Kier alpha value is -2.50. The summed E-state index contributed by atoms with van der Waals surface area (Å²) in [5.74, 6) is 0.0414. The average molecular weight is 258 g/mol. The van der Waals surface area contributed by atoms with Crippen molar-refractivity contribution < 1.29 is 9.32 Å². The number of nitrogens with one attached hydrogen (secondary N) is 2. The summed E-state index contributed by atoms with van der Waals surface area (Å²) in [5.41, 5.74) is 10.1. The summed E-state index contributed by atoms with van der Waals surface area (Å²) < 4.78 is 4.76. The fraction of sp³-hybridized carbons (Fsp3) is 0.231. The van der Waals surface area contributed by atoms with Crippen molar-refractivity contribution in [1.82, 2.24) is 5.16 Å². The highest BCUT2D eigenvalue weighted by Gasteiger charge is 2.16. The number of fused-ring (bicyclic) bond motifs is 1. The molecule has 0 saturated heterocycles. The first-order chi connectivity index (χ1) is 9.22. The molecule has 98 valence electrons. The molecule has 1 aliphatic rings. The van der Waals surface area contributed by atoms with Gasteiger partial charge in [-0.3, -0.25) is 4.79 Å². The highest BCUT2D eigenvalue weighted by molar-refractivity contribution is 5.95. The van der Waals surface area contributed by atoms with Crippen molar-refractivity contribution in [2.24, 2.45) is 0 Å². The molecule has 1 amide bonds. The zero-order chi connectivity index (χ0) is 13.2. The number of carbonyl (C=O) groups excluding carboxylic acids is 1. The second kappa shape index (κ2) is 4.64. The van der Waals surface area contributed by atoms with Gasteiger partial charge in [-0.25, -0.2) is 0 Å². The summed E-state index contributed by atoms with van der Waals surface area (Å²) in [5, 5.41) is 9.85. The van der Waals surface area contributed by atoms with E-state index >= 15 is 0 Å². The van der Waals surface area contributed by atoms with Crippen molar-refractivity contribution in [3.05, 3.63) is 35.7 Å². The van der Waals surface area contributed by atoms with E-state index < -0.39 is 0 Å². The third-order valence-corrected chi connectivity index (χ3v) is 3.12. The number of anilines is 3. The van der Waals surface area contributed by atoms with Crippen molar-refractivity contribution in [2.75, 3.05) is 16.4 Å². The molecular formula is C13H14N4O2. The maximum absolute atomic E-state index is 11.4. The minimum Gasteiger partial charge on any atom is -0.397 e.